The third-order valence-electron chi connectivity index (χ3n) is 2.86. The van der Waals surface area contributed by atoms with Gasteiger partial charge < -0.3 is 4.74 Å². The predicted molar refractivity (Wildman–Crippen MR) is 65.1 cm³/mol. The minimum atomic E-state index is -0.328. The van der Waals surface area contributed by atoms with Crippen LogP contribution >= 0.6 is 0 Å². The first-order valence-electron chi connectivity index (χ1n) is 5.24. The van der Waals surface area contributed by atoms with Gasteiger partial charge in [-0.1, -0.05) is 12.1 Å². The van der Waals surface area contributed by atoms with E-state index in [0.29, 0.717) is 17.5 Å². The molecule has 0 saturated carbocycles. The first-order valence-corrected chi connectivity index (χ1v) is 5.24. The van der Waals surface area contributed by atoms with E-state index >= 15 is 0 Å². The average Bonchev–Trinajstić information content (AvgIpc) is 2.34. The first-order chi connectivity index (χ1) is 8.07. The lowest BCUT2D eigenvalue weighted by Crippen LogP contribution is -2.37. The molecule has 1 aromatic heterocycles. The number of rotatable bonds is 2. The van der Waals surface area contributed by atoms with Crippen LogP contribution in [0.1, 0.15) is 5.56 Å². The van der Waals surface area contributed by atoms with E-state index in [0.717, 1.165) is 10.1 Å². The molecule has 0 aliphatic carbocycles. The Morgan fingerprint density at radius 2 is 1.88 bits per heavy atom. The van der Waals surface area contributed by atoms with Gasteiger partial charge in [0.2, 0.25) is 0 Å². The van der Waals surface area contributed by atoms with Gasteiger partial charge in [0.15, 0.2) is 0 Å². The Morgan fingerprint density at radius 3 is 2.53 bits per heavy atom. The number of hydrogen-bond acceptors (Lipinski definition) is 3. The molecular formula is C12H14N2O3. The summed E-state index contributed by atoms with van der Waals surface area (Å²) in [6.45, 7) is 0.373. The van der Waals surface area contributed by atoms with Gasteiger partial charge in [0.1, 0.15) is 0 Å². The molecule has 0 aliphatic heterocycles. The van der Waals surface area contributed by atoms with Crippen LogP contribution in [0.5, 0.6) is 0 Å². The Bertz CT molecular complexity index is 682. The molecular weight excluding hydrogens is 220 g/mol. The monoisotopic (exact) mass is 234 g/mol. The fourth-order valence-corrected chi connectivity index (χ4v) is 2.02. The normalized spacial score (nSPS) is 11.0. The van der Waals surface area contributed by atoms with Crippen LogP contribution in [-0.4, -0.2) is 16.2 Å². The van der Waals surface area contributed by atoms with Crippen LogP contribution in [0.15, 0.2) is 27.8 Å². The lowest BCUT2D eigenvalue weighted by atomic mass is 10.1. The molecule has 0 atom stereocenters. The number of fused-ring (bicyclic) bond motifs is 1. The minimum Gasteiger partial charge on any atom is -0.380 e. The highest BCUT2D eigenvalue weighted by atomic mass is 16.5. The fourth-order valence-electron chi connectivity index (χ4n) is 2.02. The van der Waals surface area contributed by atoms with E-state index in [-0.39, 0.29) is 11.2 Å². The van der Waals surface area contributed by atoms with Crippen LogP contribution in [-0.2, 0) is 25.4 Å². The van der Waals surface area contributed by atoms with E-state index in [4.69, 9.17) is 4.74 Å². The lowest BCUT2D eigenvalue weighted by molar-refractivity contribution is 0.185. The summed E-state index contributed by atoms with van der Waals surface area (Å²) in [6, 6.07) is 5.36. The number of nitrogens with zero attached hydrogens (tertiary/aromatic N) is 2. The summed E-state index contributed by atoms with van der Waals surface area (Å²) >= 11 is 0. The number of methoxy groups -OCH3 is 1. The standard InChI is InChI=1S/C12H14N2O3/c1-13-10-8(7-17-3)5-4-6-9(10)11(15)14(2)12(13)16/h4-6H,7H2,1-3H3. The molecule has 1 aromatic carbocycles. The summed E-state index contributed by atoms with van der Waals surface area (Å²) < 4.78 is 7.66. The van der Waals surface area contributed by atoms with Crippen LogP contribution in [0, 0.1) is 0 Å². The van der Waals surface area contributed by atoms with E-state index in [1.807, 2.05) is 6.07 Å². The fraction of sp³-hybridized carbons (Fsp3) is 0.333. The van der Waals surface area contributed by atoms with Crippen molar-refractivity contribution in [2.45, 2.75) is 6.61 Å². The van der Waals surface area contributed by atoms with Crippen LogP contribution in [0.25, 0.3) is 10.9 Å². The van der Waals surface area contributed by atoms with Crippen molar-refractivity contribution in [1.82, 2.24) is 9.13 Å². The van der Waals surface area contributed by atoms with Crippen LogP contribution in [0.3, 0.4) is 0 Å². The summed E-state index contributed by atoms with van der Waals surface area (Å²) in [4.78, 5) is 23.8. The predicted octanol–water partition coefficient (Wildman–Crippen LogP) is 0.384. The molecule has 0 N–H and O–H groups in total. The van der Waals surface area contributed by atoms with Gasteiger partial charge in [-0.15, -0.1) is 0 Å². The van der Waals surface area contributed by atoms with Crippen LogP contribution in [0.4, 0.5) is 0 Å². The number of hydrogen-bond donors (Lipinski definition) is 0. The molecule has 0 bridgehead atoms. The highest BCUT2D eigenvalue weighted by Gasteiger charge is 2.11. The molecule has 17 heavy (non-hydrogen) atoms. The van der Waals surface area contributed by atoms with Crippen LogP contribution in [0.2, 0.25) is 0 Å². The van der Waals surface area contributed by atoms with Gasteiger partial charge in [-0.25, -0.2) is 4.79 Å². The molecule has 5 nitrogen and oxygen atoms in total. The maximum absolute atomic E-state index is 12.0. The van der Waals surface area contributed by atoms with Crippen molar-refractivity contribution >= 4 is 10.9 Å². The SMILES string of the molecule is COCc1cccc2c(=O)n(C)c(=O)n(C)c12. The van der Waals surface area contributed by atoms with Crippen molar-refractivity contribution in [2.24, 2.45) is 14.1 Å². The molecule has 0 unspecified atom stereocenters. The highest BCUT2D eigenvalue weighted by molar-refractivity contribution is 5.81. The van der Waals surface area contributed by atoms with Crippen molar-refractivity contribution in [2.75, 3.05) is 7.11 Å². The van der Waals surface area contributed by atoms with E-state index < -0.39 is 0 Å². The topological polar surface area (TPSA) is 53.2 Å². The Kier molecular flexibility index (Phi) is 2.85. The third-order valence-corrected chi connectivity index (χ3v) is 2.86. The summed E-state index contributed by atoms with van der Waals surface area (Å²) in [5, 5.41) is 0.532. The quantitative estimate of drug-likeness (QED) is 0.755. The largest absolute Gasteiger partial charge is 0.380 e. The van der Waals surface area contributed by atoms with E-state index in [1.165, 1.54) is 11.6 Å². The second kappa shape index (κ2) is 4.18. The van der Waals surface area contributed by atoms with Crippen LogP contribution < -0.4 is 11.2 Å². The number of ether oxygens (including phenoxy) is 1. The molecule has 90 valence electrons. The smallest absolute Gasteiger partial charge is 0.330 e. The minimum absolute atomic E-state index is 0.277. The molecule has 1 heterocycles. The highest BCUT2D eigenvalue weighted by Crippen LogP contribution is 2.14. The summed E-state index contributed by atoms with van der Waals surface area (Å²) in [5.74, 6) is 0. The number of aromatic nitrogens is 2. The Labute approximate surface area is 97.9 Å². The second-order valence-corrected chi connectivity index (χ2v) is 3.95. The van der Waals surface area contributed by atoms with Gasteiger partial charge in [0, 0.05) is 26.8 Å². The van der Waals surface area contributed by atoms with E-state index in [9.17, 15) is 9.59 Å². The zero-order valence-corrected chi connectivity index (χ0v) is 10.1. The zero-order chi connectivity index (χ0) is 12.6. The molecule has 5 heteroatoms. The molecule has 2 rings (SSSR count). The van der Waals surface area contributed by atoms with E-state index in [2.05, 4.69) is 0 Å². The number of benzene rings is 1. The number of para-hydroxylation sites is 1. The van der Waals surface area contributed by atoms with Crippen molar-refractivity contribution in [3.8, 4) is 0 Å². The maximum Gasteiger partial charge on any atom is 0.330 e. The summed E-state index contributed by atoms with van der Waals surface area (Å²) in [6.07, 6.45) is 0. The Morgan fingerprint density at radius 1 is 1.18 bits per heavy atom. The van der Waals surface area contributed by atoms with Gasteiger partial charge in [0.25, 0.3) is 5.56 Å². The average molecular weight is 234 g/mol. The summed E-state index contributed by atoms with van der Waals surface area (Å²) in [5.41, 5.74) is 0.872. The molecule has 2 aromatic rings. The molecule has 0 radical (unpaired) electrons. The van der Waals surface area contributed by atoms with Crippen molar-refractivity contribution in [1.29, 1.82) is 0 Å². The Balaban J connectivity index is 3.01. The lowest BCUT2D eigenvalue weighted by Gasteiger charge is -2.11. The Hall–Kier alpha value is -1.88. The van der Waals surface area contributed by atoms with E-state index in [1.54, 1.807) is 26.3 Å². The van der Waals surface area contributed by atoms with Crippen molar-refractivity contribution in [3.63, 3.8) is 0 Å². The van der Waals surface area contributed by atoms with Gasteiger partial charge in [0.05, 0.1) is 17.5 Å². The van der Waals surface area contributed by atoms with Crippen molar-refractivity contribution in [3.05, 3.63) is 44.6 Å². The van der Waals surface area contributed by atoms with Gasteiger partial charge in [-0.2, -0.15) is 0 Å². The molecule has 0 spiro atoms. The molecule has 0 fully saturated rings. The number of aryl methyl sites for hydroxylation is 1. The molecule has 0 aliphatic rings. The molecule has 0 saturated heterocycles. The van der Waals surface area contributed by atoms with Gasteiger partial charge in [-0.3, -0.25) is 13.9 Å². The third kappa shape index (κ3) is 1.68. The summed E-state index contributed by atoms with van der Waals surface area (Å²) in [7, 11) is 4.72. The molecule has 0 amide bonds. The second-order valence-electron chi connectivity index (χ2n) is 3.95. The first kappa shape index (κ1) is 11.6. The van der Waals surface area contributed by atoms with Gasteiger partial charge >= 0.3 is 5.69 Å². The van der Waals surface area contributed by atoms with Gasteiger partial charge in [-0.05, 0) is 6.07 Å². The van der Waals surface area contributed by atoms with Crippen molar-refractivity contribution < 1.29 is 4.74 Å². The zero-order valence-electron chi connectivity index (χ0n) is 10.1. The maximum atomic E-state index is 12.0.